The molecule has 1 aliphatic carbocycles. The minimum Gasteiger partial charge on any atom is -0.396 e. The molecule has 7 heteroatoms. The summed E-state index contributed by atoms with van der Waals surface area (Å²) in [6.07, 6.45) is 5.95. The monoisotopic (exact) mass is 383 g/mol. The van der Waals surface area contributed by atoms with E-state index < -0.39 is 0 Å². The molecule has 4 rings (SSSR count). The van der Waals surface area contributed by atoms with Crippen LogP contribution in [0.15, 0.2) is 30.5 Å². The van der Waals surface area contributed by atoms with Crippen LogP contribution >= 0.6 is 11.3 Å². The van der Waals surface area contributed by atoms with Crippen molar-refractivity contribution in [2.45, 2.75) is 38.6 Å². The van der Waals surface area contributed by atoms with E-state index in [0.717, 1.165) is 58.8 Å². The summed E-state index contributed by atoms with van der Waals surface area (Å²) in [6, 6.07) is 8.48. The molecule has 3 N–H and O–H groups in total. The molecule has 1 unspecified atom stereocenters. The molecule has 0 aliphatic heterocycles. The first-order valence-corrected chi connectivity index (χ1v) is 10.4. The van der Waals surface area contributed by atoms with Crippen LogP contribution in [0.5, 0.6) is 0 Å². The summed E-state index contributed by atoms with van der Waals surface area (Å²) in [5, 5.41) is 17.2. The third-order valence-corrected chi connectivity index (χ3v) is 6.06. The fourth-order valence-electron chi connectivity index (χ4n) is 3.52. The minimum absolute atomic E-state index is 0.260. The Bertz CT molecular complexity index is 879. The second kappa shape index (κ2) is 8.19. The third-order valence-electron chi connectivity index (χ3n) is 4.99. The lowest BCUT2D eigenvalue weighted by molar-refractivity contribution is 0.229. The number of benzene rings is 1. The standard InChI is InChI=1S/C20H25N5OS/c1-2-9-21-20-22-11-15(19-24-16-5-3-4-6-17(16)27-19)18(25-20)23-14-8-7-13(10-14)12-26/h3-6,11,13-14,26H,2,7-10,12H2,1H3,(H2,21,22,23,25)/t13-,14?/m1/s1. The molecule has 0 bridgehead atoms. The summed E-state index contributed by atoms with van der Waals surface area (Å²) < 4.78 is 1.16. The van der Waals surface area contributed by atoms with Crippen molar-refractivity contribution in [2.24, 2.45) is 5.92 Å². The van der Waals surface area contributed by atoms with E-state index in [1.54, 1.807) is 11.3 Å². The Morgan fingerprint density at radius 1 is 1.22 bits per heavy atom. The van der Waals surface area contributed by atoms with E-state index in [1.165, 1.54) is 0 Å². The van der Waals surface area contributed by atoms with Gasteiger partial charge in [-0.25, -0.2) is 9.97 Å². The molecule has 0 spiro atoms. The zero-order valence-electron chi connectivity index (χ0n) is 15.5. The molecule has 1 saturated carbocycles. The molecule has 2 heterocycles. The first-order chi connectivity index (χ1) is 13.3. The van der Waals surface area contributed by atoms with E-state index in [9.17, 15) is 5.11 Å². The number of hydrogen-bond donors (Lipinski definition) is 3. The molecule has 1 fully saturated rings. The lowest BCUT2D eigenvalue weighted by Gasteiger charge is -2.16. The highest BCUT2D eigenvalue weighted by Gasteiger charge is 2.25. The molecule has 0 amide bonds. The van der Waals surface area contributed by atoms with Gasteiger partial charge in [-0.3, -0.25) is 0 Å². The highest BCUT2D eigenvalue weighted by Crippen LogP contribution is 2.35. The van der Waals surface area contributed by atoms with Crippen LogP contribution in [0.4, 0.5) is 11.8 Å². The summed E-state index contributed by atoms with van der Waals surface area (Å²) in [6.45, 7) is 3.22. The van der Waals surface area contributed by atoms with Crippen molar-refractivity contribution in [1.82, 2.24) is 15.0 Å². The van der Waals surface area contributed by atoms with Crippen LogP contribution in [0.3, 0.4) is 0 Å². The number of fused-ring (bicyclic) bond motifs is 1. The zero-order valence-corrected chi connectivity index (χ0v) is 16.3. The van der Waals surface area contributed by atoms with Crippen LogP contribution in [-0.2, 0) is 0 Å². The Labute approximate surface area is 163 Å². The smallest absolute Gasteiger partial charge is 0.224 e. The fourth-order valence-corrected chi connectivity index (χ4v) is 4.50. The predicted molar refractivity (Wildman–Crippen MR) is 111 cm³/mol. The van der Waals surface area contributed by atoms with Gasteiger partial charge in [0.15, 0.2) is 0 Å². The van der Waals surface area contributed by atoms with Gasteiger partial charge in [0, 0.05) is 25.4 Å². The number of rotatable bonds is 7. The Kier molecular flexibility index (Phi) is 5.50. The predicted octanol–water partition coefficient (Wildman–Crippen LogP) is 4.15. The van der Waals surface area contributed by atoms with Gasteiger partial charge in [0.25, 0.3) is 0 Å². The molecule has 0 radical (unpaired) electrons. The Hall–Kier alpha value is -2.25. The van der Waals surface area contributed by atoms with E-state index in [0.29, 0.717) is 17.9 Å². The van der Waals surface area contributed by atoms with Gasteiger partial charge < -0.3 is 15.7 Å². The first-order valence-electron chi connectivity index (χ1n) is 9.61. The van der Waals surface area contributed by atoms with Crippen molar-refractivity contribution in [1.29, 1.82) is 0 Å². The second-order valence-corrected chi connectivity index (χ2v) is 8.10. The average molecular weight is 384 g/mol. The van der Waals surface area contributed by atoms with Gasteiger partial charge in [-0.05, 0) is 43.7 Å². The highest BCUT2D eigenvalue weighted by molar-refractivity contribution is 7.21. The zero-order chi connectivity index (χ0) is 18.6. The van der Waals surface area contributed by atoms with E-state index >= 15 is 0 Å². The summed E-state index contributed by atoms with van der Waals surface area (Å²) >= 11 is 1.66. The molecular formula is C20H25N5OS. The summed E-state index contributed by atoms with van der Waals surface area (Å²) in [5.74, 6) is 1.85. The maximum Gasteiger partial charge on any atom is 0.224 e. The van der Waals surface area contributed by atoms with Gasteiger partial charge in [-0.2, -0.15) is 4.98 Å². The van der Waals surface area contributed by atoms with Crippen molar-refractivity contribution in [3.05, 3.63) is 30.5 Å². The lowest BCUT2D eigenvalue weighted by atomic mass is 10.1. The SMILES string of the molecule is CCCNc1ncc(-c2nc3ccccc3s2)c(NC2CC[C@@H](CO)C2)n1. The second-order valence-electron chi connectivity index (χ2n) is 7.07. The number of para-hydroxylation sites is 1. The summed E-state index contributed by atoms with van der Waals surface area (Å²) in [4.78, 5) is 14.0. The molecule has 3 aromatic rings. The van der Waals surface area contributed by atoms with Crippen LogP contribution in [-0.4, -0.2) is 39.3 Å². The van der Waals surface area contributed by atoms with E-state index in [2.05, 4.69) is 28.6 Å². The normalized spacial score (nSPS) is 19.5. The number of aromatic nitrogens is 3. The van der Waals surface area contributed by atoms with Crippen molar-refractivity contribution in [2.75, 3.05) is 23.8 Å². The topological polar surface area (TPSA) is 83.0 Å². The van der Waals surface area contributed by atoms with Crippen molar-refractivity contribution in [3.63, 3.8) is 0 Å². The fraction of sp³-hybridized carbons (Fsp3) is 0.450. The average Bonchev–Trinajstić information content (AvgIpc) is 3.33. The molecule has 142 valence electrons. The lowest BCUT2D eigenvalue weighted by Crippen LogP contribution is -2.18. The van der Waals surface area contributed by atoms with Gasteiger partial charge in [0.2, 0.25) is 5.95 Å². The Morgan fingerprint density at radius 3 is 2.89 bits per heavy atom. The number of nitrogens with zero attached hydrogens (tertiary/aromatic N) is 3. The number of thiazole rings is 1. The van der Waals surface area contributed by atoms with Crippen LogP contribution < -0.4 is 10.6 Å². The maximum absolute atomic E-state index is 9.43. The van der Waals surface area contributed by atoms with Crippen LogP contribution in [0.2, 0.25) is 0 Å². The third kappa shape index (κ3) is 4.04. The highest BCUT2D eigenvalue weighted by atomic mass is 32.1. The van der Waals surface area contributed by atoms with Crippen LogP contribution in [0.25, 0.3) is 20.8 Å². The quantitative estimate of drug-likeness (QED) is 0.568. The summed E-state index contributed by atoms with van der Waals surface area (Å²) in [7, 11) is 0. The first kappa shape index (κ1) is 18.1. The molecule has 6 nitrogen and oxygen atoms in total. The number of anilines is 2. The van der Waals surface area contributed by atoms with Gasteiger partial charge in [-0.1, -0.05) is 19.1 Å². The number of hydrogen-bond acceptors (Lipinski definition) is 7. The molecule has 1 aromatic carbocycles. The molecule has 2 aromatic heterocycles. The number of aliphatic hydroxyl groups excluding tert-OH is 1. The number of nitrogens with one attached hydrogen (secondary N) is 2. The summed E-state index contributed by atoms with van der Waals surface area (Å²) in [5.41, 5.74) is 1.93. The molecular weight excluding hydrogens is 358 g/mol. The van der Waals surface area contributed by atoms with Crippen molar-refractivity contribution < 1.29 is 5.11 Å². The van der Waals surface area contributed by atoms with Gasteiger partial charge in [-0.15, -0.1) is 11.3 Å². The molecule has 1 aliphatic rings. The number of aliphatic hydroxyl groups is 1. The minimum atomic E-state index is 0.260. The van der Waals surface area contributed by atoms with Crippen molar-refractivity contribution >= 4 is 33.3 Å². The molecule has 27 heavy (non-hydrogen) atoms. The van der Waals surface area contributed by atoms with Crippen LogP contribution in [0.1, 0.15) is 32.6 Å². The Balaban J connectivity index is 1.66. The van der Waals surface area contributed by atoms with E-state index in [4.69, 9.17) is 9.97 Å². The Morgan fingerprint density at radius 2 is 2.11 bits per heavy atom. The van der Waals surface area contributed by atoms with Gasteiger partial charge >= 0.3 is 0 Å². The van der Waals surface area contributed by atoms with E-state index in [-0.39, 0.29) is 6.61 Å². The van der Waals surface area contributed by atoms with Crippen LogP contribution in [0, 0.1) is 5.92 Å². The maximum atomic E-state index is 9.43. The molecule has 0 saturated heterocycles. The largest absolute Gasteiger partial charge is 0.396 e. The van der Waals surface area contributed by atoms with Gasteiger partial charge in [0.05, 0.1) is 15.8 Å². The molecule has 2 atom stereocenters. The van der Waals surface area contributed by atoms with E-state index in [1.807, 2.05) is 24.4 Å². The van der Waals surface area contributed by atoms with Crippen molar-refractivity contribution in [3.8, 4) is 10.6 Å². The van der Waals surface area contributed by atoms with Gasteiger partial charge in [0.1, 0.15) is 10.8 Å².